The zero-order valence-electron chi connectivity index (χ0n) is 20.1. The molecule has 10 atom stereocenters. The molecule has 3 heterocycles. The number of aliphatic hydroxyl groups is 3. The van der Waals surface area contributed by atoms with E-state index in [0.717, 1.165) is 11.1 Å². The second-order valence-corrected chi connectivity index (χ2v) is 11.1. The quantitative estimate of drug-likeness (QED) is 0.329. The molecule has 0 spiro atoms. The monoisotopic (exact) mass is 537 g/mol. The lowest BCUT2D eigenvalue weighted by Crippen LogP contribution is -2.65. The van der Waals surface area contributed by atoms with E-state index in [-0.39, 0.29) is 17.9 Å². The Hall–Kier alpha value is -1.68. The summed E-state index contributed by atoms with van der Waals surface area (Å²) in [5.74, 6) is -0.273. The molecule has 196 valence electrons. The number of thioether (sulfide) groups is 1. The van der Waals surface area contributed by atoms with Crippen LogP contribution in [-0.2, 0) is 14.3 Å². The van der Waals surface area contributed by atoms with Crippen LogP contribution in [0.3, 0.4) is 0 Å². The van der Waals surface area contributed by atoms with Crippen LogP contribution in [0.25, 0.3) is 5.57 Å². The normalized spacial score (nSPS) is 36.1. The number of ether oxygens (including phenoxy) is 2. The van der Waals surface area contributed by atoms with E-state index in [0.29, 0.717) is 25.1 Å². The van der Waals surface area contributed by atoms with E-state index in [1.807, 2.05) is 18.2 Å². The first-order valence-electron chi connectivity index (χ1n) is 12.0. The number of nitrogens with one attached hydrogen (secondary N) is 2. The zero-order chi connectivity index (χ0) is 26.0. The molecule has 0 aromatic heterocycles. The van der Waals surface area contributed by atoms with Crippen molar-refractivity contribution < 1.29 is 29.6 Å². The van der Waals surface area contributed by atoms with Crippen molar-refractivity contribution in [2.24, 2.45) is 5.92 Å². The summed E-state index contributed by atoms with van der Waals surface area (Å²) in [4.78, 5) is 13.4. The molecular weight excluding hydrogens is 506 g/mol. The smallest absolute Gasteiger partial charge is 0.240 e. The predicted molar refractivity (Wildman–Crippen MR) is 136 cm³/mol. The fraction of sp³-hybridized carbons (Fsp3) is 0.600. The van der Waals surface area contributed by atoms with Crippen molar-refractivity contribution >= 4 is 34.8 Å². The van der Waals surface area contributed by atoms with Crippen molar-refractivity contribution in [1.29, 1.82) is 5.26 Å². The number of rotatable bonds is 6. The van der Waals surface area contributed by atoms with Crippen molar-refractivity contribution in [3.05, 3.63) is 41.5 Å². The van der Waals surface area contributed by atoms with E-state index in [1.165, 1.54) is 11.8 Å². The summed E-state index contributed by atoms with van der Waals surface area (Å²) in [7, 11) is 0. The standard InChI is InChI=1S/C25H32ClN3O6S/c1-12(26)17(23-20(31)19(30)21(32)25(35-23)36-2)29-24(33)18-22-16(11-28-18)9-15(7-8-34-22)14-5-3-13(10-27)4-6-14/h3-7,12,16-23,25,28,30-32H,8-9,11H2,1-2H3,(H,29,33)/t12-,16-,17+,18-,19?,20?,21+,22+,23+,25?/m0/s1. The molecule has 3 aliphatic rings. The molecule has 5 N–H and O–H groups in total. The van der Waals surface area contributed by atoms with Gasteiger partial charge in [0.05, 0.1) is 35.8 Å². The lowest BCUT2D eigenvalue weighted by molar-refractivity contribution is -0.205. The summed E-state index contributed by atoms with van der Waals surface area (Å²) in [5, 5.41) is 45.7. The second-order valence-electron chi connectivity index (χ2n) is 9.46. The summed E-state index contributed by atoms with van der Waals surface area (Å²) in [6.07, 6.45) is -1.04. The predicted octanol–water partition coefficient (Wildman–Crippen LogP) is 0.601. The molecule has 11 heteroatoms. The first kappa shape index (κ1) is 27.4. The third-order valence-electron chi connectivity index (χ3n) is 7.16. The molecule has 2 fully saturated rings. The second kappa shape index (κ2) is 11.8. The van der Waals surface area contributed by atoms with Gasteiger partial charge in [-0.3, -0.25) is 4.79 Å². The van der Waals surface area contributed by atoms with Crippen molar-refractivity contribution in [3.8, 4) is 6.07 Å². The molecule has 0 saturated carbocycles. The fourth-order valence-electron chi connectivity index (χ4n) is 5.14. The van der Waals surface area contributed by atoms with E-state index >= 15 is 0 Å². The number of amides is 1. The molecule has 0 radical (unpaired) electrons. The number of benzene rings is 1. The highest BCUT2D eigenvalue weighted by atomic mass is 35.5. The number of aliphatic hydroxyl groups excluding tert-OH is 3. The molecule has 1 aromatic rings. The van der Waals surface area contributed by atoms with Crippen molar-refractivity contribution in [2.45, 2.75) is 66.8 Å². The highest BCUT2D eigenvalue weighted by Crippen LogP contribution is 2.34. The lowest BCUT2D eigenvalue weighted by atomic mass is 9.90. The number of hydrogen-bond donors (Lipinski definition) is 5. The average Bonchev–Trinajstić information content (AvgIpc) is 3.16. The van der Waals surface area contributed by atoms with Gasteiger partial charge in [0.1, 0.15) is 35.9 Å². The number of hydrogen-bond acceptors (Lipinski definition) is 9. The topological polar surface area (TPSA) is 144 Å². The molecule has 3 aliphatic heterocycles. The Kier molecular flexibility index (Phi) is 8.96. The maximum Gasteiger partial charge on any atom is 0.240 e. The Bertz CT molecular complexity index is 1000. The van der Waals surface area contributed by atoms with Crippen LogP contribution in [-0.4, -0.2) is 94.1 Å². The zero-order valence-corrected chi connectivity index (χ0v) is 21.7. The summed E-state index contributed by atoms with van der Waals surface area (Å²) in [5.41, 5.74) is 1.96. The molecule has 3 unspecified atom stereocenters. The Labute approximate surface area is 219 Å². The van der Waals surface area contributed by atoms with Crippen molar-refractivity contribution in [1.82, 2.24) is 10.6 Å². The number of fused-ring (bicyclic) bond motifs is 1. The van der Waals surface area contributed by atoms with Crippen LogP contribution in [0.1, 0.15) is 24.5 Å². The van der Waals surface area contributed by atoms with Crippen LogP contribution in [0.5, 0.6) is 0 Å². The van der Waals surface area contributed by atoms with Gasteiger partial charge in [-0.25, -0.2) is 0 Å². The van der Waals surface area contributed by atoms with Crippen LogP contribution in [0.15, 0.2) is 30.3 Å². The molecule has 2 saturated heterocycles. The van der Waals surface area contributed by atoms with Gasteiger partial charge in [0.2, 0.25) is 5.91 Å². The molecule has 0 aliphatic carbocycles. The number of alkyl halides is 1. The maximum absolute atomic E-state index is 13.4. The van der Waals surface area contributed by atoms with E-state index in [4.69, 9.17) is 26.3 Å². The number of nitrogens with zero attached hydrogens (tertiary/aromatic N) is 1. The minimum absolute atomic E-state index is 0.0615. The summed E-state index contributed by atoms with van der Waals surface area (Å²) >= 11 is 7.60. The molecule has 4 rings (SSSR count). The van der Waals surface area contributed by atoms with E-state index in [9.17, 15) is 20.1 Å². The minimum Gasteiger partial charge on any atom is -0.388 e. The molecule has 1 aromatic carbocycles. The highest BCUT2D eigenvalue weighted by molar-refractivity contribution is 7.99. The Morgan fingerprint density at radius 1 is 1.25 bits per heavy atom. The third-order valence-corrected chi connectivity index (χ3v) is 8.28. The Morgan fingerprint density at radius 2 is 1.97 bits per heavy atom. The molecule has 36 heavy (non-hydrogen) atoms. The maximum atomic E-state index is 13.4. The van der Waals surface area contributed by atoms with Crippen LogP contribution >= 0.6 is 23.4 Å². The number of allylic oxidation sites excluding steroid dienone is 1. The van der Waals surface area contributed by atoms with Crippen LogP contribution in [0.4, 0.5) is 0 Å². The van der Waals surface area contributed by atoms with Crippen LogP contribution < -0.4 is 10.6 Å². The van der Waals surface area contributed by atoms with Gasteiger partial charge in [0, 0.05) is 12.5 Å². The van der Waals surface area contributed by atoms with Crippen LogP contribution in [0.2, 0.25) is 0 Å². The van der Waals surface area contributed by atoms with Gasteiger partial charge < -0.3 is 35.4 Å². The van der Waals surface area contributed by atoms with Crippen molar-refractivity contribution in [2.75, 3.05) is 19.4 Å². The minimum atomic E-state index is -1.43. The van der Waals surface area contributed by atoms with Gasteiger partial charge in [-0.15, -0.1) is 23.4 Å². The van der Waals surface area contributed by atoms with E-state index in [2.05, 4.69) is 16.7 Å². The van der Waals surface area contributed by atoms with Gasteiger partial charge in [0.15, 0.2) is 0 Å². The van der Waals surface area contributed by atoms with Gasteiger partial charge in [-0.05, 0) is 42.9 Å². The average molecular weight is 538 g/mol. The molecule has 1 amide bonds. The lowest BCUT2D eigenvalue weighted by Gasteiger charge is -2.44. The Morgan fingerprint density at radius 3 is 2.61 bits per heavy atom. The summed E-state index contributed by atoms with van der Waals surface area (Å²) < 4.78 is 11.9. The first-order valence-corrected chi connectivity index (χ1v) is 13.7. The summed E-state index contributed by atoms with van der Waals surface area (Å²) in [6, 6.07) is 8.10. The summed E-state index contributed by atoms with van der Waals surface area (Å²) in [6.45, 7) is 2.61. The van der Waals surface area contributed by atoms with Crippen molar-refractivity contribution in [3.63, 3.8) is 0 Å². The van der Waals surface area contributed by atoms with Gasteiger partial charge >= 0.3 is 0 Å². The Balaban J connectivity index is 1.44. The van der Waals surface area contributed by atoms with Gasteiger partial charge in [-0.2, -0.15) is 5.26 Å². The third kappa shape index (κ3) is 5.59. The van der Waals surface area contributed by atoms with E-state index in [1.54, 1.807) is 25.3 Å². The van der Waals surface area contributed by atoms with Gasteiger partial charge in [0.25, 0.3) is 0 Å². The largest absolute Gasteiger partial charge is 0.388 e. The molecular formula is C25H32ClN3O6S. The fourth-order valence-corrected chi connectivity index (χ4v) is 6.03. The SMILES string of the molecule is CSC1O[C@H]([C@H](NC(=O)[C@H]2NC[C@@H]3CC(c4ccc(C#N)cc4)=CCO[C@H]32)[C@H](C)Cl)C(O)C(O)[C@H]1O. The van der Waals surface area contributed by atoms with Crippen LogP contribution in [0, 0.1) is 17.2 Å². The molecule has 9 nitrogen and oxygen atoms in total. The highest BCUT2D eigenvalue weighted by Gasteiger charge is 2.49. The number of halogens is 1. The first-order chi connectivity index (χ1) is 17.2. The molecule has 0 bridgehead atoms. The number of nitriles is 1. The van der Waals surface area contributed by atoms with Gasteiger partial charge in [-0.1, -0.05) is 18.2 Å². The number of carbonyl (C=O) groups excluding carboxylic acids is 1. The number of carbonyl (C=O) groups is 1. The van der Waals surface area contributed by atoms with E-state index < -0.39 is 47.3 Å².